The molecule has 0 N–H and O–H groups in total. The van der Waals surface area contributed by atoms with Gasteiger partial charge in [0.15, 0.2) is 5.69 Å². The van der Waals surface area contributed by atoms with Crippen molar-refractivity contribution in [1.29, 1.82) is 0 Å². The van der Waals surface area contributed by atoms with Crippen molar-refractivity contribution >= 4 is 11.6 Å². The molecular formula is C17H11ClFN5O. The Bertz CT molecular complexity index is 1060. The van der Waals surface area contributed by atoms with Gasteiger partial charge in [-0.1, -0.05) is 40.2 Å². The maximum Gasteiger partial charge on any atom is 0.280 e. The predicted molar refractivity (Wildman–Crippen MR) is 89.8 cm³/mol. The van der Waals surface area contributed by atoms with E-state index in [9.17, 15) is 4.39 Å². The summed E-state index contributed by atoms with van der Waals surface area (Å²) in [6, 6.07) is 13.3. The fourth-order valence-corrected chi connectivity index (χ4v) is 2.67. The molecule has 0 aliphatic carbocycles. The summed E-state index contributed by atoms with van der Waals surface area (Å²) in [5.41, 5.74) is 2.30. The summed E-state index contributed by atoms with van der Waals surface area (Å²) in [7, 11) is 0. The quantitative estimate of drug-likeness (QED) is 0.553. The molecule has 0 aliphatic heterocycles. The number of nitrogens with zero attached hydrogens (tertiary/aromatic N) is 5. The number of benzene rings is 2. The minimum absolute atomic E-state index is 0.218. The van der Waals surface area contributed by atoms with Crippen molar-refractivity contribution in [3.05, 3.63) is 65.1 Å². The highest BCUT2D eigenvalue weighted by atomic mass is 35.5. The third-order valence-corrected chi connectivity index (χ3v) is 4.02. The molecule has 0 bridgehead atoms. The Labute approximate surface area is 146 Å². The van der Waals surface area contributed by atoms with Gasteiger partial charge in [-0.2, -0.15) is 4.98 Å². The van der Waals surface area contributed by atoms with E-state index in [1.807, 2.05) is 12.1 Å². The second-order valence-electron chi connectivity index (χ2n) is 5.32. The van der Waals surface area contributed by atoms with E-state index >= 15 is 0 Å². The fraction of sp³-hybridized carbons (Fsp3) is 0.0588. The Morgan fingerprint density at radius 1 is 1.12 bits per heavy atom. The number of rotatable bonds is 3. The van der Waals surface area contributed by atoms with Crippen molar-refractivity contribution < 1.29 is 8.91 Å². The highest BCUT2D eigenvalue weighted by Crippen LogP contribution is 2.28. The fourth-order valence-electron chi connectivity index (χ4n) is 2.45. The van der Waals surface area contributed by atoms with Crippen molar-refractivity contribution in [1.82, 2.24) is 25.1 Å². The average molecular weight is 356 g/mol. The van der Waals surface area contributed by atoms with Crippen LogP contribution in [0.4, 0.5) is 4.39 Å². The Morgan fingerprint density at radius 2 is 1.96 bits per heavy atom. The summed E-state index contributed by atoms with van der Waals surface area (Å²) in [6.45, 7) is 1.79. The van der Waals surface area contributed by atoms with Gasteiger partial charge in [-0.25, -0.2) is 9.07 Å². The molecule has 25 heavy (non-hydrogen) atoms. The average Bonchev–Trinajstić information content (AvgIpc) is 3.22. The van der Waals surface area contributed by atoms with Gasteiger partial charge >= 0.3 is 0 Å². The molecule has 124 valence electrons. The standard InChI is InChI=1S/C17H11ClFN5O/c1-10-15(21-23-24(10)12-6-4-5-11(19)9-12)17-20-16(22-25-17)13-7-2-3-8-14(13)18/h2-9H,1H3. The molecule has 2 aromatic carbocycles. The van der Waals surface area contributed by atoms with E-state index in [1.54, 1.807) is 31.2 Å². The zero-order chi connectivity index (χ0) is 17.4. The predicted octanol–water partition coefficient (Wildman–Crippen LogP) is 4.09. The second kappa shape index (κ2) is 6.10. The lowest BCUT2D eigenvalue weighted by Gasteiger charge is -2.02. The van der Waals surface area contributed by atoms with E-state index in [0.29, 0.717) is 33.5 Å². The summed E-state index contributed by atoms with van der Waals surface area (Å²) in [5, 5.41) is 12.6. The molecule has 0 unspecified atom stereocenters. The smallest absolute Gasteiger partial charge is 0.280 e. The van der Waals surface area contributed by atoms with Crippen molar-refractivity contribution in [3.63, 3.8) is 0 Å². The zero-order valence-electron chi connectivity index (χ0n) is 13.0. The number of hydrogen-bond donors (Lipinski definition) is 0. The molecule has 0 saturated heterocycles. The van der Waals surface area contributed by atoms with E-state index < -0.39 is 0 Å². The molecule has 6 nitrogen and oxygen atoms in total. The molecule has 0 radical (unpaired) electrons. The van der Waals surface area contributed by atoms with Crippen molar-refractivity contribution in [2.24, 2.45) is 0 Å². The van der Waals surface area contributed by atoms with Gasteiger partial charge in [0.1, 0.15) is 5.82 Å². The highest BCUT2D eigenvalue weighted by Gasteiger charge is 2.19. The zero-order valence-corrected chi connectivity index (χ0v) is 13.8. The Kier molecular flexibility index (Phi) is 3.77. The molecular weight excluding hydrogens is 345 g/mol. The summed E-state index contributed by atoms with van der Waals surface area (Å²) >= 11 is 6.16. The third-order valence-electron chi connectivity index (χ3n) is 3.69. The number of hydrogen-bond acceptors (Lipinski definition) is 5. The minimum atomic E-state index is -0.354. The van der Waals surface area contributed by atoms with Crippen LogP contribution in [0.25, 0.3) is 28.7 Å². The van der Waals surface area contributed by atoms with Crippen LogP contribution in [0.3, 0.4) is 0 Å². The third kappa shape index (κ3) is 2.78. The van der Waals surface area contributed by atoms with Crippen molar-refractivity contribution in [2.75, 3.05) is 0 Å². The number of aromatic nitrogens is 5. The lowest BCUT2D eigenvalue weighted by molar-refractivity contribution is 0.430. The van der Waals surface area contributed by atoms with E-state index in [-0.39, 0.29) is 11.7 Å². The molecule has 0 fully saturated rings. The largest absolute Gasteiger partial charge is 0.332 e. The van der Waals surface area contributed by atoms with Gasteiger partial charge in [0.25, 0.3) is 5.89 Å². The van der Waals surface area contributed by atoms with E-state index in [2.05, 4.69) is 20.5 Å². The van der Waals surface area contributed by atoms with Crippen LogP contribution in [0.15, 0.2) is 53.1 Å². The first-order chi connectivity index (χ1) is 12.1. The van der Waals surface area contributed by atoms with E-state index in [1.165, 1.54) is 16.8 Å². The van der Waals surface area contributed by atoms with E-state index in [0.717, 1.165) is 0 Å². The first kappa shape index (κ1) is 15.5. The molecule has 0 spiro atoms. The minimum Gasteiger partial charge on any atom is -0.332 e. The monoisotopic (exact) mass is 355 g/mol. The van der Waals surface area contributed by atoms with Crippen LogP contribution in [-0.4, -0.2) is 25.1 Å². The van der Waals surface area contributed by atoms with Crippen LogP contribution in [0, 0.1) is 12.7 Å². The maximum absolute atomic E-state index is 13.4. The van der Waals surface area contributed by atoms with Gasteiger partial charge in [0.2, 0.25) is 5.82 Å². The lowest BCUT2D eigenvalue weighted by Crippen LogP contribution is -1.99. The van der Waals surface area contributed by atoms with E-state index in [4.69, 9.17) is 16.1 Å². The van der Waals surface area contributed by atoms with Crippen LogP contribution in [-0.2, 0) is 0 Å². The van der Waals surface area contributed by atoms with Crippen LogP contribution >= 0.6 is 11.6 Å². The van der Waals surface area contributed by atoms with Crippen LogP contribution in [0.2, 0.25) is 5.02 Å². The SMILES string of the molecule is Cc1c(-c2nc(-c3ccccc3Cl)no2)nnn1-c1cccc(F)c1. The molecule has 4 rings (SSSR count). The normalized spacial score (nSPS) is 11.0. The summed E-state index contributed by atoms with van der Waals surface area (Å²) in [4.78, 5) is 4.34. The maximum atomic E-state index is 13.4. The Balaban J connectivity index is 1.74. The molecule has 0 aliphatic rings. The van der Waals surface area contributed by atoms with Gasteiger partial charge in [0, 0.05) is 5.56 Å². The van der Waals surface area contributed by atoms with Gasteiger partial charge < -0.3 is 4.52 Å². The highest BCUT2D eigenvalue weighted by molar-refractivity contribution is 6.33. The molecule has 0 atom stereocenters. The van der Waals surface area contributed by atoms with Gasteiger partial charge in [-0.3, -0.25) is 0 Å². The Morgan fingerprint density at radius 3 is 2.76 bits per heavy atom. The molecule has 2 aromatic heterocycles. The van der Waals surface area contributed by atoms with Gasteiger partial charge in [-0.05, 0) is 37.3 Å². The van der Waals surface area contributed by atoms with Gasteiger partial charge in [-0.15, -0.1) is 5.10 Å². The van der Waals surface area contributed by atoms with Crippen molar-refractivity contribution in [3.8, 4) is 28.7 Å². The molecule has 8 heteroatoms. The second-order valence-corrected chi connectivity index (χ2v) is 5.73. The molecule has 2 heterocycles. The molecule has 4 aromatic rings. The number of halogens is 2. The molecule has 0 amide bonds. The topological polar surface area (TPSA) is 69.6 Å². The first-order valence-corrected chi connectivity index (χ1v) is 7.78. The van der Waals surface area contributed by atoms with Crippen LogP contribution in [0.1, 0.15) is 5.69 Å². The summed E-state index contributed by atoms with van der Waals surface area (Å²) in [6.07, 6.45) is 0. The van der Waals surface area contributed by atoms with Crippen molar-refractivity contribution in [2.45, 2.75) is 6.92 Å². The first-order valence-electron chi connectivity index (χ1n) is 7.41. The van der Waals surface area contributed by atoms with Crippen LogP contribution in [0.5, 0.6) is 0 Å². The Hall–Kier alpha value is -3.06. The summed E-state index contributed by atoms with van der Waals surface area (Å²) in [5.74, 6) is 0.225. The summed E-state index contributed by atoms with van der Waals surface area (Å²) < 4.78 is 20.2. The van der Waals surface area contributed by atoms with Crippen LogP contribution < -0.4 is 0 Å². The molecule has 0 saturated carbocycles. The lowest BCUT2D eigenvalue weighted by atomic mass is 10.2. The van der Waals surface area contributed by atoms with Gasteiger partial charge in [0.05, 0.1) is 16.4 Å².